The second kappa shape index (κ2) is 26.1. The van der Waals surface area contributed by atoms with Gasteiger partial charge >= 0.3 is 7.82 Å². The molecule has 0 aromatic heterocycles. The van der Waals surface area contributed by atoms with Gasteiger partial charge in [-0.15, -0.1) is 0 Å². The van der Waals surface area contributed by atoms with E-state index >= 15 is 0 Å². The maximum absolute atomic E-state index is 13.0. The largest absolute Gasteiger partial charge is 0.474 e. The van der Waals surface area contributed by atoms with Gasteiger partial charge in [0.25, 0.3) is 0 Å². The Kier molecular flexibility index (Phi) is 26.2. The van der Waals surface area contributed by atoms with Crippen LogP contribution in [-0.2, 0) is 18.1 Å². The Morgan fingerprint density at radius 3 is 1.09 bits per heavy atom. The second-order valence-corrected chi connectivity index (χ2v) is 11.8. The molecule has 0 saturated heterocycles. The van der Waals surface area contributed by atoms with E-state index in [1.54, 1.807) is 0 Å². The van der Waals surface area contributed by atoms with Gasteiger partial charge in [-0.25, -0.2) is 4.57 Å². The van der Waals surface area contributed by atoms with Crippen molar-refractivity contribution in [1.29, 1.82) is 0 Å². The van der Waals surface area contributed by atoms with E-state index in [9.17, 15) is 4.57 Å². The summed E-state index contributed by atoms with van der Waals surface area (Å²) in [6.45, 7) is 6.49. The van der Waals surface area contributed by atoms with Crippen LogP contribution in [0.2, 0.25) is 0 Å². The van der Waals surface area contributed by atoms with Gasteiger partial charge in [-0.1, -0.05) is 129 Å². The molecule has 6 heteroatoms. The first-order valence-corrected chi connectivity index (χ1v) is 16.2. The van der Waals surface area contributed by atoms with Gasteiger partial charge in [-0.05, 0) is 26.9 Å². The number of likely N-dealkylation sites (N-methyl/N-ethyl adjacent to an activating group) is 1. The monoisotopic (exact) mass is 505 g/mol. The summed E-state index contributed by atoms with van der Waals surface area (Å²) in [6, 6.07) is 0. The lowest BCUT2D eigenvalue weighted by atomic mass is 10.1. The summed E-state index contributed by atoms with van der Waals surface area (Å²) in [5.74, 6) is 0. The zero-order valence-electron chi connectivity index (χ0n) is 23.5. The van der Waals surface area contributed by atoms with Crippen molar-refractivity contribution in [3.05, 3.63) is 0 Å². The lowest BCUT2D eigenvalue weighted by molar-refractivity contribution is 0.104. The van der Waals surface area contributed by atoms with Crippen molar-refractivity contribution < 1.29 is 18.1 Å². The van der Waals surface area contributed by atoms with Crippen molar-refractivity contribution in [2.24, 2.45) is 0 Å². The molecular formula is C28H60NO4P. The summed E-state index contributed by atoms with van der Waals surface area (Å²) in [7, 11) is 0.495. The van der Waals surface area contributed by atoms with Gasteiger partial charge in [0.15, 0.2) is 0 Å². The van der Waals surface area contributed by atoms with Crippen LogP contribution < -0.4 is 0 Å². The Hall–Kier alpha value is 0.0700. The van der Waals surface area contributed by atoms with E-state index in [0.717, 1.165) is 25.7 Å². The number of hydrogen-bond donors (Lipinski definition) is 0. The topological polar surface area (TPSA) is 48.0 Å². The number of nitrogens with zero attached hydrogens (tertiary/aromatic N) is 1. The maximum atomic E-state index is 13.0. The van der Waals surface area contributed by atoms with Gasteiger partial charge in [-0.3, -0.25) is 13.6 Å². The van der Waals surface area contributed by atoms with Gasteiger partial charge in [-0.2, -0.15) is 0 Å². The lowest BCUT2D eigenvalue weighted by Crippen LogP contribution is -2.18. The molecule has 0 bridgehead atoms. The van der Waals surface area contributed by atoms with E-state index in [0.29, 0.717) is 26.4 Å². The molecule has 0 aliphatic heterocycles. The molecule has 0 heterocycles. The Balaban J connectivity index is 3.89. The van der Waals surface area contributed by atoms with E-state index in [4.69, 9.17) is 13.6 Å². The third-order valence-corrected chi connectivity index (χ3v) is 7.78. The molecule has 5 nitrogen and oxygen atoms in total. The summed E-state index contributed by atoms with van der Waals surface area (Å²) in [5.41, 5.74) is 0. The normalized spacial score (nSPS) is 12.1. The Morgan fingerprint density at radius 1 is 0.471 bits per heavy atom. The average molecular weight is 506 g/mol. The molecule has 0 aliphatic carbocycles. The van der Waals surface area contributed by atoms with Crippen LogP contribution in [-0.4, -0.2) is 45.4 Å². The van der Waals surface area contributed by atoms with Crippen LogP contribution in [0.4, 0.5) is 0 Å². The molecule has 0 aromatic carbocycles. The van der Waals surface area contributed by atoms with Crippen molar-refractivity contribution >= 4 is 7.82 Å². The van der Waals surface area contributed by atoms with Gasteiger partial charge < -0.3 is 4.90 Å². The summed E-state index contributed by atoms with van der Waals surface area (Å²) in [5, 5.41) is 0. The van der Waals surface area contributed by atoms with Crippen LogP contribution in [0.5, 0.6) is 0 Å². The molecule has 34 heavy (non-hydrogen) atoms. The van der Waals surface area contributed by atoms with Crippen molar-refractivity contribution in [2.45, 2.75) is 142 Å². The minimum atomic E-state index is -3.46. The molecule has 0 saturated carbocycles. The molecule has 0 atom stereocenters. The molecule has 0 rings (SSSR count). The van der Waals surface area contributed by atoms with Crippen LogP contribution in [0, 0.1) is 0 Å². The fourth-order valence-corrected chi connectivity index (χ4v) is 5.21. The number of phosphoric acid groups is 1. The highest BCUT2D eigenvalue weighted by Crippen LogP contribution is 2.49. The maximum Gasteiger partial charge on any atom is 0.474 e. The fraction of sp³-hybridized carbons (Fsp3) is 1.00. The molecular weight excluding hydrogens is 445 g/mol. The highest BCUT2D eigenvalue weighted by atomic mass is 31.2. The number of unbranched alkanes of at least 4 members (excludes halogenated alkanes) is 18. The average Bonchev–Trinajstić information content (AvgIpc) is 2.81. The standard InChI is InChI=1S/C28H60NO4P/c1-5-7-9-11-13-15-17-19-21-23-26-31-34(30,33-28-25-29(3)4)32-27-24-22-20-18-16-14-12-10-8-6-2/h5-28H2,1-4H3. The van der Waals surface area contributed by atoms with Crippen molar-refractivity contribution in [2.75, 3.05) is 40.5 Å². The summed E-state index contributed by atoms with van der Waals surface area (Å²) >= 11 is 0. The summed E-state index contributed by atoms with van der Waals surface area (Å²) in [4.78, 5) is 2.01. The van der Waals surface area contributed by atoms with Crippen LogP contribution in [0.3, 0.4) is 0 Å². The SMILES string of the molecule is CCCCCCCCCCCCOP(=O)(OCCCCCCCCCCCC)OCCN(C)C. The molecule has 0 amide bonds. The molecule has 0 radical (unpaired) electrons. The first kappa shape index (κ1) is 34.1. The van der Waals surface area contributed by atoms with Crippen molar-refractivity contribution in [1.82, 2.24) is 4.90 Å². The van der Waals surface area contributed by atoms with E-state index in [2.05, 4.69) is 13.8 Å². The van der Waals surface area contributed by atoms with Crippen LogP contribution >= 0.6 is 7.82 Å². The molecule has 0 aromatic rings. The molecule has 0 spiro atoms. The number of hydrogen-bond acceptors (Lipinski definition) is 5. The van der Waals surface area contributed by atoms with Gasteiger partial charge in [0.1, 0.15) is 0 Å². The molecule has 206 valence electrons. The fourth-order valence-electron chi connectivity index (χ4n) is 3.98. The van der Waals surface area contributed by atoms with Crippen LogP contribution in [0.15, 0.2) is 0 Å². The minimum absolute atomic E-state index is 0.361. The minimum Gasteiger partial charge on any atom is -0.307 e. The zero-order valence-corrected chi connectivity index (χ0v) is 24.4. The Labute approximate surface area is 213 Å². The first-order valence-electron chi connectivity index (χ1n) is 14.7. The van der Waals surface area contributed by atoms with Crippen molar-refractivity contribution in [3.8, 4) is 0 Å². The molecule has 0 N–H and O–H groups in total. The second-order valence-electron chi connectivity index (χ2n) is 10.1. The van der Waals surface area contributed by atoms with E-state index in [1.165, 1.54) is 103 Å². The lowest BCUT2D eigenvalue weighted by Gasteiger charge is -2.19. The van der Waals surface area contributed by atoms with E-state index in [1.807, 2.05) is 19.0 Å². The number of phosphoric ester groups is 1. The predicted octanol–water partition coefficient (Wildman–Crippen LogP) is 9.55. The van der Waals surface area contributed by atoms with E-state index < -0.39 is 7.82 Å². The Morgan fingerprint density at radius 2 is 0.765 bits per heavy atom. The van der Waals surface area contributed by atoms with Gasteiger partial charge in [0.2, 0.25) is 0 Å². The molecule has 0 aliphatic rings. The smallest absolute Gasteiger partial charge is 0.307 e. The molecule has 0 fully saturated rings. The van der Waals surface area contributed by atoms with Crippen molar-refractivity contribution in [3.63, 3.8) is 0 Å². The van der Waals surface area contributed by atoms with E-state index in [-0.39, 0.29) is 0 Å². The number of rotatable bonds is 28. The van der Waals surface area contributed by atoms with Gasteiger partial charge in [0, 0.05) is 6.54 Å². The zero-order chi connectivity index (χ0) is 25.2. The summed E-state index contributed by atoms with van der Waals surface area (Å²) < 4.78 is 30.0. The highest BCUT2D eigenvalue weighted by molar-refractivity contribution is 7.48. The quantitative estimate of drug-likeness (QED) is 0.0782. The first-order chi connectivity index (χ1) is 16.5. The van der Waals surface area contributed by atoms with Crippen LogP contribution in [0.1, 0.15) is 142 Å². The molecule has 0 unspecified atom stereocenters. The Bertz CT molecular complexity index is 418. The highest BCUT2D eigenvalue weighted by Gasteiger charge is 2.26. The predicted molar refractivity (Wildman–Crippen MR) is 148 cm³/mol. The van der Waals surface area contributed by atoms with Crippen LogP contribution in [0.25, 0.3) is 0 Å². The van der Waals surface area contributed by atoms with Gasteiger partial charge in [0.05, 0.1) is 19.8 Å². The third kappa shape index (κ3) is 25.2. The summed E-state index contributed by atoms with van der Waals surface area (Å²) in [6.07, 6.45) is 25.4. The third-order valence-electron chi connectivity index (χ3n) is 6.28.